The highest BCUT2D eigenvalue weighted by molar-refractivity contribution is 9.10. The van der Waals surface area contributed by atoms with Gasteiger partial charge in [-0.3, -0.25) is 9.78 Å². The van der Waals surface area contributed by atoms with Crippen molar-refractivity contribution in [2.45, 2.75) is 13.0 Å². The summed E-state index contributed by atoms with van der Waals surface area (Å²) in [6, 6.07) is 3.61. The largest absolute Gasteiger partial charge is 0.395 e. The molecule has 0 aliphatic carbocycles. The van der Waals surface area contributed by atoms with E-state index in [0.717, 1.165) is 9.35 Å². The van der Waals surface area contributed by atoms with Gasteiger partial charge in [-0.25, -0.2) is 0 Å². The third-order valence-corrected chi connectivity index (χ3v) is 4.27. The molecule has 108 valence electrons. The molecule has 0 bridgehead atoms. The van der Waals surface area contributed by atoms with Gasteiger partial charge in [-0.05, 0) is 28.1 Å². The van der Waals surface area contributed by atoms with E-state index in [9.17, 15) is 4.79 Å². The fourth-order valence-corrected chi connectivity index (χ4v) is 3.01. The van der Waals surface area contributed by atoms with Gasteiger partial charge >= 0.3 is 0 Å². The molecular weight excluding hydrogens is 352 g/mol. The summed E-state index contributed by atoms with van der Waals surface area (Å²) in [4.78, 5) is 17.3. The molecule has 21 heavy (non-hydrogen) atoms. The SMILES string of the molecule is O=C(NCc1cc(Br)cs1)c1ccncc1C#CCCO. The first-order valence-corrected chi connectivity index (χ1v) is 7.93. The van der Waals surface area contributed by atoms with Gasteiger partial charge in [0.05, 0.1) is 24.3 Å². The Kier molecular flexibility index (Phi) is 5.93. The van der Waals surface area contributed by atoms with E-state index in [4.69, 9.17) is 5.11 Å². The summed E-state index contributed by atoms with van der Waals surface area (Å²) in [6.45, 7) is 0.475. The van der Waals surface area contributed by atoms with Crippen molar-refractivity contribution in [3.05, 3.63) is 50.4 Å². The molecule has 0 saturated carbocycles. The molecule has 0 saturated heterocycles. The van der Waals surface area contributed by atoms with E-state index in [2.05, 4.69) is 38.1 Å². The Morgan fingerprint density at radius 1 is 1.52 bits per heavy atom. The first-order chi connectivity index (χ1) is 10.2. The summed E-state index contributed by atoms with van der Waals surface area (Å²) in [5.74, 6) is 5.47. The lowest BCUT2D eigenvalue weighted by atomic mass is 10.1. The number of aromatic nitrogens is 1. The van der Waals surface area contributed by atoms with E-state index in [1.165, 1.54) is 0 Å². The number of halogens is 1. The number of aliphatic hydroxyl groups is 1. The summed E-state index contributed by atoms with van der Waals surface area (Å²) in [7, 11) is 0. The van der Waals surface area contributed by atoms with Crippen LogP contribution in [-0.4, -0.2) is 22.6 Å². The monoisotopic (exact) mass is 364 g/mol. The van der Waals surface area contributed by atoms with Crippen molar-refractivity contribution in [1.29, 1.82) is 0 Å². The van der Waals surface area contributed by atoms with Crippen LogP contribution in [-0.2, 0) is 6.54 Å². The van der Waals surface area contributed by atoms with E-state index >= 15 is 0 Å². The second-order valence-corrected chi connectivity index (χ2v) is 6.02. The molecule has 4 nitrogen and oxygen atoms in total. The fraction of sp³-hybridized carbons (Fsp3) is 0.200. The maximum atomic E-state index is 12.2. The minimum Gasteiger partial charge on any atom is -0.395 e. The number of aliphatic hydroxyl groups excluding tert-OH is 1. The number of thiophene rings is 1. The molecule has 0 spiro atoms. The highest BCUT2D eigenvalue weighted by Crippen LogP contribution is 2.19. The predicted octanol–water partition coefficient (Wildman–Crippen LogP) is 2.57. The molecule has 1 amide bonds. The second-order valence-electron chi connectivity index (χ2n) is 4.11. The van der Waals surface area contributed by atoms with Crippen molar-refractivity contribution in [3.8, 4) is 11.8 Å². The highest BCUT2D eigenvalue weighted by Gasteiger charge is 2.10. The average Bonchev–Trinajstić information content (AvgIpc) is 2.91. The molecule has 6 heteroatoms. The van der Waals surface area contributed by atoms with Crippen LogP contribution < -0.4 is 5.32 Å². The number of hydrogen-bond donors (Lipinski definition) is 2. The van der Waals surface area contributed by atoms with Gasteiger partial charge in [-0.2, -0.15) is 0 Å². The Morgan fingerprint density at radius 2 is 2.38 bits per heavy atom. The maximum Gasteiger partial charge on any atom is 0.252 e. The molecule has 0 aliphatic heterocycles. The van der Waals surface area contributed by atoms with Crippen molar-refractivity contribution in [2.75, 3.05) is 6.61 Å². The third kappa shape index (κ3) is 4.67. The second kappa shape index (κ2) is 7.93. The molecule has 0 atom stereocenters. The number of hydrogen-bond acceptors (Lipinski definition) is 4. The van der Waals surface area contributed by atoms with Gasteiger partial charge < -0.3 is 10.4 Å². The average molecular weight is 365 g/mol. The van der Waals surface area contributed by atoms with Gasteiger partial charge in [-0.1, -0.05) is 11.8 Å². The number of carbonyl (C=O) groups excluding carboxylic acids is 1. The summed E-state index contributed by atoms with van der Waals surface area (Å²) in [5.41, 5.74) is 1.06. The van der Waals surface area contributed by atoms with Crippen LogP contribution >= 0.6 is 27.3 Å². The normalized spacial score (nSPS) is 9.81. The van der Waals surface area contributed by atoms with Crippen molar-refractivity contribution >= 4 is 33.2 Å². The van der Waals surface area contributed by atoms with E-state index in [-0.39, 0.29) is 12.5 Å². The van der Waals surface area contributed by atoms with Gasteiger partial charge in [0.25, 0.3) is 5.91 Å². The molecule has 2 aromatic heterocycles. The van der Waals surface area contributed by atoms with E-state index in [0.29, 0.717) is 24.1 Å². The van der Waals surface area contributed by atoms with Crippen molar-refractivity contribution < 1.29 is 9.90 Å². The Hall–Kier alpha value is -1.68. The van der Waals surface area contributed by atoms with E-state index in [1.54, 1.807) is 29.8 Å². The van der Waals surface area contributed by atoms with Crippen molar-refractivity contribution in [2.24, 2.45) is 0 Å². The summed E-state index contributed by atoms with van der Waals surface area (Å²) < 4.78 is 1.01. The molecule has 2 N–H and O–H groups in total. The highest BCUT2D eigenvalue weighted by atomic mass is 79.9. The van der Waals surface area contributed by atoms with E-state index in [1.807, 2.05) is 11.4 Å². The number of amides is 1. The number of rotatable bonds is 4. The maximum absolute atomic E-state index is 12.2. The summed E-state index contributed by atoms with van der Waals surface area (Å²) in [6.07, 6.45) is 3.49. The van der Waals surface area contributed by atoms with Crippen LogP contribution in [0.15, 0.2) is 34.4 Å². The topological polar surface area (TPSA) is 62.2 Å². The quantitative estimate of drug-likeness (QED) is 0.819. The lowest BCUT2D eigenvalue weighted by Crippen LogP contribution is -2.23. The molecule has 2 rings (SSSR count). The number of pyridine rings is 1. The zero-order valence-electron chi connectivity index (χ0n) is 11.1. The Morgan fingerprint density at radius 3 is 3.10 bits per heavy atom. The van der Waals surface area contributed by atoms with Gasteiger partial charge in [-0.15, -0.1) is 11.3 Å². The van der Waals surface area contributed by atoms with Gasteiger partial charge in [0.1, 0.15) is 0 Å². The lowest BCUT2D eigenvalue weighted by Gasteiger charge is -2.05. The van der Waals surface area contributed by atoms with Gasteiger partial charge in [0, 0.05) is 33.5 Å². The Balaban J connectivity index is 2.07. The number of nitrogens with one attached hydrogen (secondary N) is 1. The van der Waals surface area contributed by atoms with Crippen LogP contribution in [0, 0.1) is 11.8 Å². The fourth-order valence-electron chi connectivity index (χ4n) is 1.61. The van der Waals surface area contributed by atoms with Crippen LogP contribution in [0.1, 0.15) is 27.2 Å². The van der Waals surface area contributed by atoms with E-state index < -0.39 is 0 Å². The number of nitrogens with zero attached hydrogens (tertiary/aromatic N) is 1. The molecule has 2 aromatic rings. The molecule has 0 aliphatic rings. The van der Waals surface area contributed by atoms with Gasteiger partial charge in [0.15, 0.2) is 0 Å². The minimum absolute atomic E-state index is 0.00203. The number of carbonyl (C=O) groups is 1. The molecule has 0 aromatic carbocycles. The van der Waals surface area contributed by atoms with Crippen LogP contribution in [0.2, 0.25) is 0 Å². The molecule has 0 radical (unpaired) electrons. The smallest absolute Gasteiger partial charge is 0.252 e. The van der Waals surface area contributed by atoms with Gasteiger partial charge in [0.2, 0.25) is 0 Å². The third-order valence-electron chi connectivity index (χ3n) is 2.57. The molecule has 0 unspecified atom stereocenters. The van der Waals surface area contributed by atoms with Crippen LogP contribution in [0.3, 0.4) is 0 Å². The lowest BCUT2D eigenvalue weighted by molar-refractivity contribution is 0.0951. The Bertz CT molecular complexity index is 688. The molecule has 2 heterocycles. The zero-order valence-corrected chi connectivity index (χ0v) is 13.5. The van der Waals surface area contributed by atoms with Crippen LogP contribution in [0.4, 0.5) is 0 Å². The summed E-state index contributed by atoms with van der Waals surface area (Å²) in [5, 5.41) is 13.6. The first kappa shape index (κ1) is 15.7. The summed E-state index contributed by atoms with van der Waals surface area (Å²) >= 11 is 4.96. The minimum atomic E-state index is -0.185. The van der Waals surface area contributed by atoms with Crippen molar-refractivity contribution in [1.82, 2.24) is 10.3 Å². The first-order valence-electron chi connectivity index (χ1n) is 6.25. The van der Waals surface area contributed by atoms with Crippen molar-refractivity contribution in [3.63, 3.8) is 0 Å². The Labute approximate surface area is 135 Å². The zero-order chi connectivity index (χ0) is 15.1. The standard InChI is InChI=1S/C15H13BrN2O2S/c16-12-7-13(21-10-12)9-18-15(20)14-4-5-17-8-11(14)3-1-2-6-19/h4-5,7-8,10,19H,2,6,9H2,(H,18,20). The predicted molar refractivity (Wildman–Crippen MR) is 86.0 cm³/mol. The molecule has 0 fully saturated rings. The molecular formula is C15H13BrN2O2S. The van der Waals surface area contributed by atoms with Crippen LogP contribution in [0.5, 0.6) is 0 Å². The van der Waals surface area contributed by atoms with Crippen LogP contribution in [0.25, 0.3) is 0 Å².